The summed E-state index contributed by atoms with van der Waals surface area (Å²) in [5.74, 6) is 0. The Morgan fingerprint density at radius 3 is 1.74 bits per heavy atom. The van der Waals surface area contributed by atoms with Gasteiger partial charge < -0.3 is 0 Å². The molecule has 0 aromatic rings. The zero-order valence-corrected chi connectivity index (χ0v) is 11.3. The van der Waals surface area contributed by atoms with Crippen LogP contribution in [0.3, 0.4) is 0 Å². The molecule has 0 saturated carbocycles. The fourth-order valence-electron chi connectivity index (χ4n) is 1.09. The minimum atomic E-state index is 1.09. The highest BCUT2D eigenvalue weighted by atomic mass is 13.9. The van der Waals surface area contributed by atoms with Gasteiger partial charge in [0, 0.05) is 0 Å². The molecule has 0 aliphatic carbocycles. The van der Waals surface area contributed by atoms with E-state index in [2.05, 4.69) is 19.7 Å². The number of hydrogen-bond donors (Lipinski definition) is 0. The maximum absolute atomic E-state index is 3.62. The lowest BCUT2D eigenvalue weighted by atomic mass is 10.2. The van der Waals surface area contributed by atoms with Gasteiger partial charge in [-0.25, -0.2) is 0 Å². The highest BCUT2D eigenvalue weighted by molar-refractivity contribution is 5.37. The first kappa shape index (κ1) is 16.5. The Balaban J connectivity index is 4.75. The van der Waals surface area contributed by atoms with Crippen molar-refractivity contribution in [2.24, 2.45) is 0 Å². The van der Waals surface area contributed by atoms with Crippen molar-refractivity contribution in [1.29, 1.82) is 0 Å². The Kier molecular flexibility index (Phi) is 11.8. The van der Waals surface area contributed by atoms with Crippen LogP contribution in [0, 0.1) is 6.42 Å². The third-order valence-electron chi connectivity index (χ3n) is 1.94. The summed E-state index contributed by atoms with van der Waals surface area (Å²) in [6.45, 7) is 10.9. The smallest absolute Gasteiger partial charge is 0.0378 e. The fraction of sp³-hybridized carbons (Fsp3) is 0. The van der Waals surface area contributed by atoms with E-state index in [9.17, 15) is 0 Å². The van der Waals surface area contributed by atoms with E-state index < -0.39 is 0 Å². The number of allylic oxidation sites excluding steroid dienone is 15. The molecule has 0 radical (unpaired) electrons. The molecule has 0 heteroatoms. The van der Waals surface area contributed by atoms with Crippen molar-refractivity contribution in [2.75, 3.05) is 0 Å². The van der Waals surface area contributed by atoms with Crippen LogP contribution in [0.1, 0.15) is 0 Å². The summed E-state index contributed by atoms with van der Waals surface area (Å²) in [5, 5.41) is 0. The van der Waals surface area contributed by atoms with Gasteiger partial charge in [-0.3, -0.25) is 0 Å². The summed E-state index contributed by atoms with van der Waals surface area (Å²) in [6, 6.07) is 0. The van der Waals surface area contributed by atoms with E-state index in [1.807, 2.05) is 73.3 Å². The standard InChI is InChI=1S/C19H21/c1-4-7-10-13-16-19(17-14-11-8-5-2)18-15-12-9-6-3/h4-18H,1-3H2/q-1/b10-7+,11-8+,15-12+,16-13+,17-14+. The van der Waals surface area contributed by atoms with Crippen molar-refractivity contribution in [3.05, 3.63) is 117 Å². The Bertz CT molecular complexity index is 405. The van der Waals surface area contributed by atoms with Crippen LogP contribution in [0.5, 0.6) is 0 Å². The Labute approximate surface area is 117 Å². The monoisotopic (exact) mass is 249 g/mol. The van der Waals surface area contributed by atoms with Crippen LogP contribution < -0.4 is 0 Å². The predicted octanol–water partition coefficient (Wildman–Crippen LogP) is 5.46. The zero-order valence-electron chi connectivity index (χ0n) is 11.3. The minimum Gasteiger partial charge on any atom is -0.194 e. The molecule has 0 aliphatic heterocycles. The molecule has 98 valence electrons. The van der Waals surface area contributed by atoms with Crippen LogP contribution in [-0.2, 0) is 0 Å². The SMILES string of the molecule is C=C/C=C/C=C/C(=C/C=C/[CH-]C=C)/C=C/C=C/C=C. The molecule has 0 amide bonds. The van der Waals surface area contributed by atoms with Gasteiger partial charge in [-0.05, 0) is 5.57 Å². The second-order valence-electron chi connectivity index (χ2n) is 3.44. The molecule has 0 unspecified atom stereocenters. The second-order valence-corrected chi connectivity index (χ2v) is 3.44. The molecule has 0 aromatic carbocycles. The van der Waals surface area contributed by atoms with E-state index in [0.717, 1.165) is 5.57 Å². The fourth-order valence-corrected chi connectivity index (χ4v) is 1.09. The van der Waals surface area contributed by atoms with Crippen LogP contribution in [0.4, 0.5) is 0 Å². The molecule has 0 N–H and O–H groups in total. The summed E-state index contributed by atoms with van der Waals surface area (Å²) in [6.07, 6.45) is 28.7. The molecular formula is C19H21-. The molecule has 0 fully saturated rings. The van der Waals surface area contributed by atoms with Gasteiger partial charge >= 0.3 is 0 Å². The minimum absolute atomic E-state index is 1.09. The van der Waals surface area contributed by atoms with Crippen molar-refractivity contribution in [1.82, 2.24) is 0 Å². The normalized spacial score (nSPS) is 11.8. The van der Waals surface area contributed by atoms with E-state index in [4.69, 9.17) is 0 Å². The first-order valence-corrected chi connectivity index (χ1v) is 6.09. The topological polar surface area (TPSA) is 0 Å². The van der Waals surface area contributed by atoms with E-state index in [1.165, 1.54) is 0 Å². The van der Waals surface area contributed by atoms with E-state index in [0.29, 0.717) is 0 Å². The van der Waals surface area contributed by atoms with Crippen molar-refractivity contribution < 1.29 is 0 Å². The molecular weight excluding hydrogens is 228 g/mol. The lowest BCUT2D eigenvalue weighted by Gasteiger charge is -1.93. The van der Waals surface area contributed by atoms with Crippen LogP contribution in [0.15, 0.2) is 110 Å². The molecule has 0 rings (SSSR count). The van der Waals surface area contributed by atoms with E-state index in [1.54, 1.807) is 18.2 Å². The average Bonchev–Trinajstić information content (AvgIpc) is 2.43. The van der Waals surface area contributed by atoms with Crippen molar-refractivity contribution in [3.63, 3.8) is 0 Å². The van der Waals surface area contributed by atoms with Gasteiger partial charge in [0.05, 0.1) is 0 Å². The number of hydrogen-bond acceptors (Lipinski definition) is 0. The van der Waals surface area contributed by atoms with Crippen LogP contribution in [-0.4, -0.2) is 0 Å². The molecule has 0 heterocycles. The maximum atomic E-state index is 3.62. The largest absolute Gasteiger partial charge is 0.194 e. The first-order valence-electron chi connectivity index (χ1n) is 6.09. The summed E-state index contributed by atoms with van der Waals surface area (Å²) in [4.78, 5) is 0. The first-order chi connectivity index (χ1) is 9.35. The third kappa shape index (κ3) is 11.8. The van der Waals surface area contributed by atoms with Gasteiger partial charge in [-0.2, -0.15) is 31.2 Å². The highest BCUT2D eigenvalue weighted by Gasteiger charge is 1.79. The summed E-state index contributed by atoms with van der Waals surface area (Å²) in [5.41, 5.74) is 1.09. The molecule has 0 spiro atoms. The van der Waals surface area contributed by atoms with Crippen LogP contribution in [0.25, 0.3) is 0 Å². The van der Waals surface area contributed by atoms with Gasteiger partial charge in [0.15, 0.2) is 0 Å². The molecule has 0 bridgehead atoms. The predicted molar refractivity (Wildman–Crippen MR) is 88.7 cm³/mol. The molecule has 0 aromatic heterocycles. The molecule has 0 saturated heterocycles. The summed E-state index contributed by atoms with van der Waals surface area (Å²) < 4.78 is 0. The van der Waals surface area contributed by atoms with Crippen LogP contribution >= 0.6 is 0 Å². The maximum Gasteiger partial charge on any atom is -0.0378 e. The average molecular weight is 249 g/mol. The van der Waals surface area contributed by atoms with E-state index in [-0.39, 0.29) is 0 Å². The van der Waals surface area contributed by atoms with Crippen molar-refractivity contribution in [2.45, 2.75) is 0 Å². The van der Waals surface area contributed by atoms with Gasteiger partial charge in [0.2, 0.25) is 0 Å². The van der Waals surface area contributed by atoms with Gasteiger partial charge in [-0.15, -0.1) is 6.08 Å². The Morgan fingerprint density at radius 2 is 1.26 bits per heavy atom. The lowest BCUT2D eigenvalue weighted by Crippen LogP contribution is -1.70. The van der Waals surface area contributed by atoms with Gasteiger partial charge in [0.1, 0.15) is 0 Å². The Hall–Kier alpha value is -2.47. The quantitative estimate of drug-likeness (QED) is 0.376. The molecule has 0 nitrogen and oxygen atoms in total. The number of rotatable bonds is 9. The van der Waals surface area contributed by atoms with Gasteiger partial charge in [0.25, 0.3) is 0 Å². The lowest BCUT2D eigenvalue weighted by molar-refractivity contribution is 1.65. The highest BCUT2D eigenvalue weighted by Crippen LogP contribution is 2.02. The van der Waals surface area contributed by atoms with E-state index >= 15 is 0 Å². The third-order valence-corrected chi connectivity index (χ3v) is 1.94. The zero-order chi connectivity index (χ0) is 14.2. The van der Waals surface area contributed by atoms with Crippen molar-refractivity contribution in [3.8, 4) is 0 Å². The van der Waals surface area contributed by atoms with Crippen molar-refractivity contribution >= 4 is 0 Å². The summed E-state index contributed by atoms with van der Waals surface area (Å²) >= 11 is 0. The molecule has 0 atom stereocenters. The van der Waals surface area contributed by atoms with Gasteiger partial charge in [-0.1, -0.05) is 73.9 Å². The van der Waals surface area contributed by atoms with Crippen LogP contribution in [0.2, 0.25) is 0 Å². The summed E-state index contributed by atoms with van der Waals surface area (Å²) in [7, 11) is 0. The molecule has 0 aliphatic rings. The molecule has 19 heavy (non-hydrogen) atoms. The Morgan fingerprint density at radius 1 is 0.684 bits per heavy atom. The second kappa shape index (κ2) is 13.6.